The molecule has 1 amide bonds. The highest BCUT2D eigenvalue weighted by Gasteiger charge is 2.31. The van der Waals surface area contributed by atoms with E-state index in [-0.39, 0.29) is 10.7 Å². The Morgan fingerprint density at radius 1 is 1.21 bits per heavy atom. The maximum atomic E-state index is 12.8. The topological polar surface area (TPSA) is 38.3 Å². The monoisotopic (exact) mass is 357 g/mol. The Morgan fingerprint density at radius 2 is 1.88 bits per heavy atom. The average Bonchev–Trinajstić information content (AvgIpc) is 2.54. The van der Waals surface area contributed by atoms with Crippen LogP contribution in [0.15, 0.2) is 48.5 Å². The number of ether oxygens (including phenoxy) is 1. The van der Waals surface area contributed by atoms with Crippen molar-refractivity contribution < 1.29 is 22.7 Å². The van der Waals surface area contributed by atoms with E-state index in [1.807, 2.05) is 0 Å². The molecule has 24 heavy (non-hydrogen) atoms. The maximum absolute atomic E-state index is 12.8. The van der Waals surface area contributed by atoms with Gasteiger partial charge in [0.25, 0.3) is 5.91 Å². The van der Waals surface area contributed by atoms with E-state index < -0.39 is 23.8 Å². The molecule has 2 aromatic carbocycles. The molecule has 128 valence electrons. The zero-order valence-corrected chi connectivity index (χ0v) is 13.5. The van der Waals surface area contributed by atoms with E-state index in [4.69, 9.17) is 16.3 Å². The number of halogens is 4. The van der Waals surface area contributed by atoms with E-state index in [1.165, 1.54) is 0 Å². The van der Waals surface area contributed by atoms with Crippen LogP contribution in [0.2, 0.25) is 5.02 Å². The Labute approximate surface area is 142 Å². The van der Waals surface area contributed by atoms with Gasteiger partial charge in [0.05, 0.1) is 16.3 Å². The maximum Gasteiger partial charge on any atom is 0.416 e. The van der Waals surface area contributed by atoms with Gasteiger partial charge in [-0.05, 0) is 36.8 Å². The lowest BCUT2D eigenvalue weighted by atomic mass is 10.1. The summed E-state index contributed by atoms with van der Waals surface area (Å²) in [6.07, 6.45) is -5.02. The number of anilines is 1. The lowest BCUT2D eigenvalue weighted by Gasteiger charge is -2.18. The Kier molecular flexibility index (Phi) is 5.72. The van der Waals surface area contributed by atoms with E-state index in [9.17, 15) is 18.0 Å². The molecular weight excluding hydrogens is 343 g/mol. The second-order valence-electron chi connectivity index (χ2n) is 5.01. The summed E-state index contributed by atoms with van der Waals surface area (Å²) in [4.78, 5) is 12.3. The lowest BCUT2D eigenvalue weighted by molar-refractivity contribution is -0.137. The minimum atomic E-state index is -4.52. The molecule has 0 heterocycles. The van der Waals surface area contributed by atoms with Crippen LogP contribution in [0, 0.1) is 0 Å². The first kappa shape index (κ1) is 18.1. The standard InChI is InChI=1S/C17H15ClF3NO2/c1-2-15(24-12-6-4-3-5-7-12)16(23)22-14-10-11(17(19,20)21)8-9-13(14)18/h3-10,15H,2H2,1H3,(H,22,23)/t15-/m0/s1. The van der Waals surface area contributed by atoms with Gasteiger partial charge >= 0.3 is 6.18 Å². The van der Waals surface area contributed by atoms with Crippen LogP contribution in [-0.4, -0.2) is 12.0 Å². The van der Waals surface area contributed by atoms with Gasteiger partial charge in [0.1, 0.15) is 5.75 Å². The zero-order chi connectivity index (χ0) is 17.7. The molecule has 0 aliphatic heterocycles. The van der Waals surface area contributed by atoms with Crippen molar-refractivity contribution in [2.45, 2.75) is 25.6 Å². The molecule has 0 bridgehead atoms. The average molecular weight is 358 g/mol. The summed E-state index contributed by atoms with van der Waals surface area (Å²) in [6.45, 7) is 1.74. The number of benzene rings is 2. The van der Waals surface area contributed by atoms with Crippen molar-refractivity contribution in [2.75, 3.05) is 5.32 Å². The third kappa shape index (κ3) is 4.64. The summed E-state index contributed by atoms with van der Waals surface area (Å²) in [5.41, 5.74) is -0.995. The SMILES string of the molecule is CC[C@H](Oc1ccccc1)C(=O)Nc1cc(C(F)(F)F)ccc1Cl. The molecule has 1 atom stereocenters. The molecule has 0 spiro atoms. The van der Waals surface area contributed by atoms with Crippen molar-refractivity contribution in [3.8, 4) is 5.75 Å². The number of carbonyl (C=O) groups excluding carboxylic acids is 1. The summed E-state index contributed by atoms with van der Waals surface area (Å²) in [5.74, 6) is -0.0720. The summed E-state index contributed by atoms with van der Waals surface area (Å²) in [6, 6.07) is 11.4. The van der Waals surface area contributed by atoms with Gasteiger partial charge in [-0.3, -0.25) is 4.79 Å². The fraction of sp³-hybridized carbons (Fsp3) is 0.235. The Morgan fingerprint density at radius 3 is 2.46 bits per heavy atom. The lowest BCUT2D eigenvalue weighted by Crippen LogP contribution is -2.32. The van der Waals surface area contributed by atoms with Crippen LogP contribution in [0.1, 0.15) is 18.9 Å². The van der Waals surface area contributed by atoms with Gasteiger partial charge in [-0.2, -0.15) is 13.2 Å². The zero-order valence-electron chi connectivity index (χ0n) is 12.7. The second kappa shape index (κ2) is 7.57. The molecule has 0 radical (unpaired) electrons. The predicted octanol–water partition coefficient (Wildman–Crippen LogP) is 5.15. The first-order valence-electron chi connectivity index (χ1n) is 7.20. The quantitative estimate of drug-likeness (QED) is 0.803. The van der Waals surface area contributed by atoms with Gasteiger partial charge in [-0.1, -0.05) is 36.7 Å². The van der Waals surface area contributed by atoms with Crippen LogP contribution in [0.4, 0.5) is 18.9 Å². The fourth-order valence-corrected chi connectivity index (χ4v) is 2.16. The smallest absolute Gasteiger partial charge is 0.416 e. The normalized spacial score (nSPS) is 12.5. The van der Waals surface area contributed by atoms with E-state index >= 15 is 0 Å². The molecule has 3 nitrogen and oxygen atoms in total. The number of hydrogen-bond acceptors (Lipinski definition) is 2. The highest BCUT2D eigenvalue weighted by atomic mass is 35.5. The van der Waals surface area contributed by atoms with Gasteiger partial charge in [0.2, 0.25) is 0 Å². The molecular formula is C17H15ClF3NO2. The third-order valence-electron chi connectivity index (χ3n) is 3.24. The third-order valence-corrected chi connectivity index (χ3v) is 3.57. The van der Waals surface area contributed by atoms with E-state index in [0.717, 1.165) is 18.2 Å². The Hall–Kier alpha value is -2.21. The van der Waals surface area contributed by atoms with Crippen LogP contribution in [0.5, 0.6) is 5.75 Å². The summed E-state index contributed by atoms with van der Waals surface area (Å²) in [7, 11) is 0. The highest BCUT2D eigenvalue weighted by Crippen LogP contribution is 2.34. The van der Waals surface area contributed by atoms with Crippen molar-refractivity contribution in [1.82, 2.24) is 0 Å². The molecule has 1 N–H and O–H groups in total. The minimum absolute atomic E-state index is 0.0194. The molecule has 0 aliphatic rings. The number of nitrogens with one attached hydrogen (secondary N) is 1. The van der Waals surface area contributed by atoms with Crippen LogP contribution in [-0.2, 0) is 11.0 Å². The highest BCUT2D eigenvalue weighted by molar-refractivity contribution is 6.33. The molecule has 2 rings (SSSR count). The Balaban J connectivity index is 2.15. The number of amides is 1. The van der Waals surface area contributed by atoms with Crippen molar-refractivity contribution in [1.29, 1.82) is 0 Å². The van der Waals surface area contributed by atoms with Gasteiger partial charge in [-0.15, -0.1) is 0 Å². The largest absolute Gasteiger partial charge is 0.481 e. The van der Waals surface area contributed by atoms with Gasteiger partial charge in [0, 0.05) is 0 Å². The fourth-order valence-electron chi connectivity index (χ4n) is 2.00. The van der Waals surface area contributed by atoms with E-state index in [1.54, 1.807) is 37.3 Å². The van der Waals surface area contributed by atoms with Crippen LogP contribution < -0.4 is 10.1 Å². The summed E-state index contributed by atoms with van der Waals surface area (Å²) < 4.78 is 43.9. The molecule has 2 aromatic rings. The van der Waals surface area contributed by atoms with Crippen molar-refractivity contribution >= 4 is 23.2 Å². The molecule has 0 aliphatic carbocycles. The van der Waals surface area contributed by atoms with E-state index in [2.05, 4.69) is 5.32 Å². The van der Waals surface area contributed by atoms with Crippen molar-refractivity contribution in [3.05, 3.63) is 59.1 Å². The molecule has 0 unspecified atom stereocenters. The van der Waals surface area contributed by atoms with Gasteiger partial charge in [0.15, 0.2) is 6.10 Å². The first-order valence-corrected chi connectivity index (χ1v) is 7.58. The molecule has 7 heteroatoms. The molecule has 0 saturated carbocycles. The Bertz CT molecular complexity index is 705. The number of hydrogen-bond donors (Lipinski definition) is 1. The van der Waals surface area contributed by atoms with Crippen molar-refractivity contribution in [2.24, 2.45) is 0 Å². The van der Waals surface area contributed by atoms with Gasteiger partial charge < -0.3 is 10.1 Å². The number of alkyl halides is 3. The molecule has 0 aromatic heterocycles. The number of carbonyl (C=O) groups is 1. The second-order valence-corrected chi connectivity index (χ2v) is 5.42. The minimum Gasteiger partial charge on any atom is -0.481 e. The molecule has 0 saturated heterocycles. The summed E-state index contributed by atoms with van der Waals surface area (Å²) in [5, 5.41) is 2.42. The predicted molar refractivity (Wildman–Crippen MR) is 86.2 cm³/mol. The van der Waals surface area contributed by atoms with E-state index in [0.29, 0.717) is 12.2 Å². The van der Waals surface area contributed by atoms with Crippen LogP contribution in [0.3, 0.4) is 0 Å². The number of para-hydroxylation sites is 1. The van der Waals surface area contributed by atoms with Gasteiger partial charge in [-0.25, -0.2) is 0 Å². The summed E-state index contributed by atoms with van der Waals surface area (Å²) >= 11 is 5.88. The van der Waals surface area contributed by atoms with Crippen LogP contribution >= 0.6 is 11.6 Å². The first-order chi connectivity index (χ1) is 11.3. The molecule has 0 fully saturated rings. The van der Waals surface area contributed by atoms with Crippen LogP contribution in [0.25, 0.3) is 0 Å². The van der Waals surface area contributed by atoms with Crippen molar-refractivity contribution in [3.63, 3.8) is 0 Å². The number of rotatable bonds is 5.